The summed E-state index contributed by atoms with van der Waals surface area (Å²) in [5.74, 6) is -0.993. The summed E-state index contributed by atoms with van der Waals surface area (Å²) in [6.45, 7) is -0.0910. The van der Waals surface area contributed by atoms with Crippen molar-refractivity contribution in [1.29, 1.82) is 0 Å². The zero-order valence-electron chi connectivity index (χ0n) is 14.4. The topological polar surface area (TPSA) is 67.6 Å². The summed E-state index contributed by atoms with van der Waals surface area (Å²) < 4.78 is 56.3. The van der Waals surface area contributed by atoms with E-state index in [-0.39, 0.29) is 17.1 Å². The standard InChI is InChI=1S/C19H14F2N4O2S/c20-15-6-4-14(5-7-15)11-25(17-3-1-2-16(21)10-17)28(26,27)18-8-9-19-23-22-13-24(19)12-18/h1-10,12-13H,11H2. The van der Waals surface area contributed by atoms with Crippen molar-refractivity contribution in [3.63, 3.8) is 0 Å². The largest absolute Gasteiger partial charge is 0.288 e. The number of hydrogen-bond donors (Lipinski definition) is 0. The number of fused-ring (bicyclic) bond motifs is 1. The van der Waals surface area contributed by atoms with Gasteiger partial charge in [0.25, 0.3) is 10.0 Å². The van der Waals surface area contributed by atoms with Gasteiger partial charge in [-0.25, -0.2) is 17.2 Å². The second kappa shape index (κ2) is 7.01. The number of sulfonamides is 1. The van der Waals surface area contributed by atoms with E-state index >= 15 is 0 Å². The molecule has 0 aliphatic carbocycles. The lowest BCUT2D eigenvalue weighted by molar-refractivity contribution is 0.589. The van der Waals surface area contributed by atoms with Gasteiger partial charge in [0.05, 0.1) is 12.2 Å². The average Bonchev–Trinajstić information content (AvgIpc) is 3.15. The number of aromatic nitrogens is 3. The second-order valence-corrected chi connectivity index (χ2v) is 7.94. The lowest BCUT2D eigenvalue weighted by Gasteiger charge is -2.25. The molecule has 0 saturated carbocycles. The van der Waals surface area contributed by atoms with Gasteiger partial charge in [0.2, 0.25) is 0 Å². The molecule has 0 fully saturated rings. The van der Waals surface area contributed by atoms with Crippen LogP contribution in [0.4, 0.5) is 14.5 Å². The predicted octanol–water partition coefficient (Wildman–Crippen LogP) is 3.40. The minimum Gasteiger partial charge on any atom is -0.288 e. The maximum absolute atomic E-state index is 13.8. The molecule has 0 saturated heterocycles. The Morgan fingerprint density at radius 1 is 0.964 bits per heavy atom. The lowest BCUT2D eigenvalue weighted by Crippen LogP contribution is -2.30. The highest BCUT2D eigenvalue weighted by molar-refractivity contribution is 7.92. The fourth-order valence-electron chi connectivity index (χ4n) is 2.79. The molecule has 4 aromatic rings. The Morgan fingerprint density at radius 3 is 2.50 bits per heavy atom. The number of nitrogens with zero attached hydrogens (tertiary/aromatic N) is 4. The molecule has 0 unspecified atom stereocenters. The van der Waals surface area contributed by atoms with E-state index in [2.05, 4.69) is 10.2 Å². The molecule has 0 N–H and O–H groups in total. The minimum atomic E-state index is -4.05. The van der Waals surface area contributed by atoms with Crippen LogP contribution in [0.1, 0.15) is 5.56 Å². The van der Waals surface area contributed by atoms with E-state index in [4.69, 9.17) is 0 Å². The van der Waals surface area contributed by atoms with E-state index in [1.165, 1.54) is 71.5 Å². The van der Waals surface area contributed by atoms with Crippen LogP contribution in [0.25, 0.3) is 5.65 Å². The molecular formula is C19H14F2N4O2S. The van der Waals surface area contributed by atoms with E-state index in [0.717, 1.165) is 10.4 Å². The van der Waals surface area contributed by atoms with E-state index in [1.54, 1.807) is 0 Å². The van der Waals surface area contributed by atoms with Crippen molar-refractivity contribution in [2.45, 2.75) is 11.4 Å². The third-order valence-electron chi connectivity index (χ3n) is 4.19. The average molecular weight is 400 g/mol. The van der Waals surface area contributed by atoms with Crippen molar-refractivity contribution < 1.29 is 17.2 Å². The Hall–Kier alpha value is -3.33. The first kappa shape index (κ1) is 18.1. The summed E-state index contributed by atoms with van der Waals surface area (Å²) >= 11 is 0. The van der Waals surface area contributed by atoms with Gasteiger partial charge < -0.3 is 0 Å². The highest BCUT2D eigenvalue weighted by atomic mass is 32.2. The van der Waals surface area contributed by atoms with Crippen LogP contribution in [0, 0.1) is 11.6 Å². The van der Waals surface area contributed by atoms with Gasteiger partial charge in [0.1, 0.15) is 22.9 Å². The van der Waals surface area contributed by atoms with E-state index < -0.39 is 21.7 Å². The molecule has 6 nitrogen and oxygen atoms in total. The molecule has 0 bridgehead atoms. The highest BCUT2D eigenvalue weighted by Crippen LogP contribution is 2.27. The number of benzene rings is 2. The van der Waals surface area contributed by atoms with E-state index in [0.29, 0.717) is 11.2 Å². The van der Waals surface area contributed by atoms with Crippen LogP contribution < -0.4 is 4.31 Å². The zero-order valence-corrected chi connectivity index (χ0v) is 15.2. The third-order valence-corrected chi connectivity index (χ3v) is 5.94. The van der Waals surface area contributed by atoms with Crippen LogP contribution in [0.3, 0.4) is 0 Å². The number of hydrogen-bond acceptors (Lipinski definition) is 4. The molecular weight excluding hydrogens is 386 g/mol. The maximum atomic E-state index is 13.8. The van der Waals surface area contributed by atoms with Gasteiger partial charge in [0.15, 0.2) is 5.65 Å². The monoisotopic (exact) mass is 400 g/mol. The third kappa shape index (κ3) is 3.44. The molecule has 142 valence electrons. The highest BCUT2D eigenvalue weighted by Gasteiger charge is 2.26. The van der Waals surface area contributed by atoms with Crippen LogP contribution >= 0.6 is 0 Å². The molecule has 2 aromatic carbocycles. The van der Waals surface area contributed by atoms with Crippen molar-refractivity contribution in [3.8, 4) is 0 Å². The molecule has 0 aliphatic rings. The van der Waals surface area contributed by atoms with Gasteiger partial charge >= 0.3 is 0 Å². The molecule has 0 aliphatic heterocycles. The smallest absolute Gasteiger partial charge is 0.266 e. The summed E-state index contributed by atoms with van der Waals surface area (Å²) in [7, 11) is -4.05. The van der Waals surface area contributed by atoms with Gasteiger partial charge in [-0.3, -0.25) is 8.71 Å². The molecule has 0 radical (unpaired) electrons. The number of halogens is 2. The minimum absolute atomic E-state index is 0.00817. The zero-order chi connectivity index (χ0) is 19.7. The van der Waals surface area contributed by atoms with Crippen molar-refractivity contribution in [2.24, 2.45) is 0 Å². The lowest BCUT2D eigenvalue weighted by atomic mass is 10.2. The van der Waals surface area contributed by atoms with Crippen LogP contribution in [-0.2, 0) is 16.6 Å². The number of rotatable bonds is 5. The molecule has 28 heavy (non-hydrogen) atoms. The summed E-state index contributed by atoms with van der Waals surface area (Å²) in [6.07, 6.45) is 2.78. The van der Waals surface area contributed by atoms with Crippen LogP contribution in [-0.4, -0.2) is 23.0 Å². The van der Waals surface area contributed by atoms with Gasteiger partial charge in [-0.1, -0.05) is 18.2 Å². The Morgan fingerprint density at radius 2 is 1.75 bits per heavy atom. The van der Waals surface area contributed by atoms with Gasteiger partial charge in [-0.15, -0.1) is 10.2 Å². The first-order chi connectivity index (χ1) is 13.4. The molecule has 4 rings (SSSR count). The molecule has 2 aromatic heterocycles. The van der Waals surface area contributed by atoms with Gasteiger partial charge in [0, 0.05) is 6.20 Å². The van der Waals surface area contributed by atoms with Crippen LogP contribution in [0.5, 0.6) is 0 Å². The summed E-state index contributed by atoms with van der Waals surface area (Å²) in [5, 5.41) is 7.59. The van der Waals surface area contributed by atoms with E-state index in [1.807, 2.05) is 0 Å². The summed E-state index contributed by atoms with van der Waals surface area (Å²) in [4.78, 5) is -0.00817. The fraction of sp³-hybridized carbons (Fsp3) is 0.0526. The van der Waals surface area contributed by atoms with Gasteiger partial charge in [-0.2, -0.15) is 0 Å². The predicted molar refractivity (Wildman–Crippen MR) is 99.2 cm³/mol. The van der Waals surface area contributed by atoms with Crippen LogP contribution in [0.15, 0.2) is 78.1 Å². The molecule has 0 atom stereocenters. The van der Waals surface area contributed by atoms with Crippen molar-refractivity contribution in [3.05, 3.63) is 90.4 Å². The fourth-order valence-corrected chi connectivity index (χ4v) is 4.24. The Balaban J connectivity index is 1.81. The SMILES string of the molecule is O=S(=O)(c1ccc2nncn2c1)N(Cc1ccc(F)cc1)c1cccc(F)c1. The Bertz CT molecular complexity index is 1240. The van der Waals surface area contributed by atoms with Crippen molar-refractivity contribution in [2.75, 3.05) is 4.31 Å². The molecule has 9 heteroatoms. The van der Waals surface area contributed by atoms with Crippen molar-refractivity contribution >= 4 is 21.4 Å². The van der Waals surface area contributed by atoms with Crippen molar-refractivity contribution in [1.82, 2.24) is 14.6 Å². The molecule has 2 heterocycles. The number of pyridine rings is 1. The van der Waals surface area contributed by atoms with E-state index in [9.17, 15) is 17.2 Å². The number of anilines is 1. The quantitative estimate of drug-likeness (QED) is 0.515. The maximum Gasteiger partial charge on any atom is 0.266 e. The first-order valence-corrected chi connectivity index (χ1v) is 9.70. The van der Waals surface area contributed by atoms with Gasteiger partial charge in [-0.05, 0) is 48.0 Å². The first-order valence-electron chi connectivity index (χ1n) is 8.26. The normalized spacial score (nSPS) is 11.6. The Labute approximate surface area is 159 Å². The second-order valence-electron chi connectivity index (χ2n) is 6.08. The molecule has 0 amide bonds. The molecule has 0 spiro atoms. The summed E-state index contributed by atoms with van der Waals surface area (Å²) in [6, 6.07) is 13.7. The van der Waals surface area contributed by atoms with Crippen LogP contribution in [0.2, 0.25) is 0 Å². The Kier molecular flexibility index (Phi) is 4.52. The summed E-state index contributed by atoms with van der Waals surface area (Å²) in [5.41, 5.74) is 1.21.